The molecule has 0 amide bonds. The van der Waals surface area contributed by atoms with Gasteiger partial charge < -0.3 is 5.73 Å². The number of hydrogen-bond donors (Lipinski definition) is 1. The first-order chi connectivity index (χ1) is 9.59. The van der Waals surface area contributed by atoms with E-state index in [1.807, 2.05) is 0 Å². The molecule has 2 rings (SSSR count). The van der Waals surface area contributed by atoms with Crippen LogP contribution >= 0.6 is 0 Å². The van der Waals surface area contributed by atoms with Crippen LogP contribution in [0, 0.1) is 0 Å². The minimum absolute atomic E-state index is 0.0163. The molecule has 0 aliphatic heterocycles. The summed E-state index contributed by atoms with van der Waals surface area (Å²) in [7, 11) is 0. The van der Waals surface area contributed by atoms with Crippen LogP contribution in [0.4, 0.5) is 32.0 Å². The minimum Gasteiger partial charge on any atom is -0.399 e. The average molecular weight is 305 g/mol. The Morgan fingerprint density at radius 1 is 0.714 bits per heavy atom. The van der Waals surface area contributed by atoms with Gasteiger partial charge in [0.1, 0.15) is 0 Å². The molecule has 0 saturated heterocycles. The van der Waals surface area contributed by atoms with E-state index in [1.54, 1.807) is 0 Å². The van der Waals surface area contributed by atoms with E-state index in [0.717, 1.165) is 0 Å². The van der Waals surface area contributed by atoms with Gasteiger partial charge in [-0.3, -0.25) is 0 Å². The molecule has 0 aliphatic carbocycles. The molecule has 2 aromatic rings. The van der Waals surface area contributed by atoms with Gasteiger partial charge in [-0.15, -0.1) is 0 Å². The highest BCUT2D eigenvalue weighted by atomic mass is 19.4. The summed E-state index contributed by atoms with van der Waals surface area (Å²) in [4.78, 5) is 0. The van der Waals surface area contributed by atoms with Crippen molar-refractivity contribution in [2.75, 3.05) is 5.73 Å². The van der Waals surface area contributed by atoms with Crippen molar-refractivity contribution >= 4 is 5.69 Å². The molecule has 0 spiro atoms. The summed E-state index contributed by atoms with van der Waals surface area (Å²) in [5.41, 5.74) is 2.96. The van der Waals surface area contributed by atoms with Crippen molar-refractivity contribution in [2.45, 2.75) is 12.4 Å². The first-order valence-corrected chi connectivity index (χ1v) is 5.73. The van der Waals surface area contributed by atoms with Crippen molar-refractivity contribution < 1.29 is 26.3 Å². The van der Waals surface area contributed by atoms with Gasteiger partial charge in [-0.1, -0.05) is 12.1 Å². The van der Waals surface area contributed by atoms with Crippen molar-refractivity contribution in [3.8, 4) is 11.1 Å². The summed E-state index contributed by atoms with van der Waals surface area (Å²) >= 11 is 0. The summed E-state index contributed by atoms with van der Waals surface area (Å²) in [6.07, 6.45) is -9.46. The number of anilines is 1. The second-order valence-corrected chi connectivity index (χ2v) is 4.38. The Hall–Kier alpha value is -2.18. The third kappa shape index (κ3) is 3.29. The van der Waals surface area contributed by atoms with Gasteiger partial charge in [-0.2, -0.15) is 26.3 Å². The number of nitrogen functional groups attached to an aromatic ring is 1. The van der Waals surface area contributed by atoms with E-state index in [2.05, 4.69) is 0 Å². The van der Waals surface area contributed by atoms with Crippen molar-refractivity contribution in [3.05, 3.63) is 53.6 Å². The smallest absolute Gasteiger partial charge is 0.399 e. The van der Waals surface area contributed by atoms with Crippen molar-refractivity contribution in [3.63, 3.8) is 0 Å². The second kappa shape index (κ2) is 4.98. The van der Waals surface area contributed by atoms with E-state index >= 15 is 0 Å². The van der Waals surface area contributed by atoms with Crippen LogP contribution in [-0.4, -0.2) is 0 Å². The lowest BCUT2D eigenvalue weighted by molar-refractivity contribution is -0.141. The first kappa shape index (κ1) is 15.2. The second-order valence-electron chi connectivity index (χ2n) is 4.38. The van der Waals surface area contributed by atoms with Gasteiger partial charge in [0.25, 0.3) is 0 Å². The van der Waals surface area contributed by atoms with Crippen LogP contribution in [0.3, 0.4) is 0 Å². The lowest BCUT2D eigenvalue weighted by atomic mass is 9.96. The van der Waals surface area contributed by atoms with Crippen LogP contribution in [-0.2, 0) is 12.4 Å². The maximum absolute atomic E-state index is 12.9. The molecule has 7 heteroatoms. The molecule has 0 fully saturated rings. The fourth-order valence-corrected chi connectivity index (χ4v) is 1.87. The molecule has 1 nitrogen and oxygen atoms in total. The maximum atomic E-state index is 12.9. The number of benzene rings is 2. The van der Waals surface area contributed by atoms with E-state index in [-0.39, 0.29) is 5.56 Å². The Morgan fingerprint density at radius 3 is 1.76 bits per heavy atom. The van der Waals surface area contributed by atoms with Crippen molar-refractivity contribution in [1.82, 2.24) is 0 Å². The highest BCUT2D eigenvalue weighted by molar-refractivity contribution is 5.70. The van der Waals surface area contributed by atoms with Gasteiger partial charge in [0, 0.05) is 5.69 Å². The van der Waals surface area contributed by atoms with Crippen LogP contribution in [0.2, 0.25) is 0 Å². The minimum atomic E-state index is -4.75. The van der Waals surface area contributed by atoms with Crippen LogP contribution in [0.15, 0.2) is 42.5 Å². The molecule has 0 aromatic heterocycles. The van der Waals surface area contributed by atoms with Gasteiger partial charge in [-0.25, -0.2) is 0 Å². The zero-order valence-corrected chi connectivity index (χ0v) is 10.4. The highest BCUT2D eigenvalue weighted by Gasteiger charge is 2.37. The summed E-state index contributed by atoms with van der Waals surface area (Å²) in [5, 5.41) is 0. The predicted molar refractivity (Wildman–Crippen MR) is 66.3 cm³/mol. The third-order valence-corrected chi connectivity index (χ3v) is 2.87. The van der Waals surface area contributed by atoms with Crippen LogP contribution < -0.4 is 5.73 Å². The largest absolute Gasteiger partial charge is 0.417 e. The number of alkyl halides is 6. The van der Waals surface area contributed by atoms with Crippen LogP contribution in [0.1, 0.15) is 11.1 Å². The fourth-order valence-electron chi connectivity index (χ4n) is 1.87. The summed E-state index contributed by atoms with van der Waals surface area (Å²) in [5.74, 6) is 0. The highest BCUT2D eigenvalue weighted by Crippen LogP contribution is 2.40. The molecule has 0 radical (unpaired) electrons. The lowest BCUT2D eigenvalue weighted by Crippen LogP contribution is -2.11. The molecular weight excluding hydrogens is 296 g/mol. The summed E-state index contributed by atoms with van der Waals surface area (Å²) in [6.45, 7) is 0. The van der Waals surface area contributed by atoms with Gasteiger partial charge in [-0.05, 0) is 41.5 Å². The Bertz CT molecular complexity index is 640. The van der Waals surface area contributed by atoms with Crippen LogP contribution in [0.25, 0.3) is 11.1 Å². The molecule has 112 valence electrons. The number of rotatable bonds is 1. The molecular formula is C14H9F6N. The molecule has 0 saturated carbocycles. The molecule has 2 aromatic carbocycles. The van der Waals surface area contributed by atoms with Crippen LogP contribution in [0.5, 0.6) is 0 Å². The molecule has 21 heavy (non-hydrogen) atoms. The molecule has 2 N–H and O–H groups in total. The predicted octanol–water partition coefficient (Wildman–Crippen LogP) is 4.97. The molecule has 0 unspecified atom stereocenters. The summed E-state index contributed by atoms with van der Waals surface area (Å²) in [6, 6.07) is 6.51. The monoisotopic (exact) mass is 305 g/mol. The standard InChI is InChI=1S/C14H9F6N/c15-13(16,17)9-3-6-12(14(18,19)20)11(7-9)8-1-4-10(21)5-2-8/h1-7H,21H2. The average Bonchev–Trinajstić information content (AvgIpc) is 2.37. The normalized spacial score (nSPS) is 12.5. The quantitative estimate of drug-likeness (QED) is 0.584. The third-order valence-electron chi connectivity index (χ3n) is 2.87. The molecule has 0 bridgehead atoms. The van der Waals surface area contributed by atoms with Crippen molar-refractivity contribution in [1.29, 1.82) is 0 Å². The van der Waals surface area contributed by atoms with E-state index < -0.39 is 29.0 Å². The number of halogens is 6. The summed E-state index contributed by atoms with van der Waals surface area (Å²) < 4.78 is 76.8. The molecule has 0 heterocycles. The Kier molecular flexibility index (Phi) is 3.61. The zero-order valence-electron chi connectivity index (χ0n) is 10.4. The number of hydrogen-bond acceptors (Lipinski definition) is 1. The van der Waals surface area contributed by atoms with E-state index in [4.69, 9.17) is 5.73 Å². The Morgan fingerprint density at radius 2 is 1.29 bits per heavy atom. The van der Waals surface area contributed by atoms with E-state index in [0.29, 0.717) is 23.9 Å². The first-order valence-electron chi connectivity index (χ1n) is 5.73. The van der Waals surface area contributed by atoms with Gasteiger partial charge >= 0.3 is 12.4 Å². The SMILES string of the molecule is Nc1ccc(-c2cc(C(F)(F)F)ccc2C(F)(F)F)cc1. The molecule has 0 aliphatic rings. The fraction of sp³-hybridized carbons (Fsp3) is 0.143. The zero-order chi connectivity index (χ0) is 15.8. The van der Waals surface area contributed by atoms with Gasteiger partial charge in [0.15, 0.2) is 0 Å². The van der Waals surface area contributed by atoms with E-state index in [9.17, 15) is 26.3 Å². The maximum Gasteiger partial charge on any atom is 0.417 e. The topological polar surface area (TPSA) is 26.0 Å². The molecule has 0 atom stereocenters. The Labute approximate surface area is 116 Å². The van der Waals surface area contributed by atoms with Crippen molar-refractivity contribution in [2.24, 2.45) is 0 Å². The van der Waals surface area contributed by atoms with E-state index in [1.165, 1.54) is 24.3 Å². The Balaban J connectivity index is 2.67. The van der Waals surface area contributed by atoms with Gasteiger partial charge in [0.2, 0.25) is 0 Å². The lowest BCUT2D eigenvalue weighted by Gasteiger charge is -2.16. The van der Waals surface area contributed by atoms with Gasteiger partial charge in [0.05, 0.1) is 11.1 Å². The number of nitrogens with two attached hydrogens (primary N) is 1.